The monoisotopic (exact) mass is 315 g/mol. The average Bonchev–Trinajstić information content (AvgIpc) is 3.27. The molecule has 23 heavy (non-hydrogen) atoms. The first-order valence-electron chi connectivity index (χ1n) is 10.1. The summed E-state index contributed by atoms with van der Waals surface area (Å²) in [4.78, 5) is 0. The lowest BCUT2D eigenvalue weighted by Crippen LogP contribution is -2.34. The largest absolute Gasteiger partial charge is 0.324 e. The summed E-state index contributed by atoms with van der Waals surface area (Å²) in [7, 11) is 0. The van der Waals surface area contributed by atoms with Crippen LogP contribution in [0.4, 0.5) is 0 Å². The highest BCUT2D eigenvalue weighted by Crippen LogP contribution is 2.56. The summed E-state index contributed by atoms with van der Waals surface area (Å²) in [5.74, 6) is 1.33. The molecule has 0 saturated heterocycles. The molecule has 1 nitrogen and oxygen atoms in total. The van der Waals surface area contributed by atoms with E-state index in [0.29, 0.717) is 5.92 Å². The molecule has 3 atom stereocenters. The van der Waals surface area contributed by atoms with Crippen molar-refractivity contribution < 1.29 is 0 Å². The number of hydrogen-bond acceptors (Lipinski definition) is 1. The Labute approximate surface area is 144 Å². The van der Waals surface area contributed by atoms with Gasteiger partial charge in [0.1, 0.15) is 0 Å². The van der Waals surface area contributed by atoms with Gasteiger partial charge in [-0.05, 0) is 30.7 Å². The van der Waals surface area contributed by atoms with Gasteiger partial charge in [0.2, 0.25) is 0 Å². The van der Waals surface area contributed by atoms with E-state index in [0.717, 1.165) is 5.92 Å². The van der Waals surface area contributed by atoms with E-state index in [4.69, 9.17) is 5.73 Å². The first-order valence-corrected chi connectivity index (χ1v) is 10.1. The molecule has 1 fully saturated rings. The van der Waals surface area contributed by atoms with Crippen LogP contribution in [0.3, 0.4) is 0 Å². The molecule has 0 bridgehead atoms. The van der Waals surface area contributed by atoms with Gasteiger partial charge in [0.05, 0.1) is 0 Å². The van der Waals surface area contributed by atoms with Gasteiger partial charge in [0, 0.05) is 11.5 Å². The van der Waals surface area contributed by atoms with Crippen LogP contribution >= 0.6 is 0 Å². The van der Waals surface area contributed by atoms with Crippen molar-refractivity contribution in [3.05, 3.63) is 35.9 Å². The lowest BCUT2D eigenvalue weighted by Gasteiger charge is -2.25. The van der Waals surface area contributed by atoms with Crippen LogP contribution in [0.5, 0.6) is 0 Å². The summed E-state index contributed by atoms with van der Waals surface area (Å²) in [5, 5.41) is 0. The van der Waals surface area contributed by atoms with Gasteiger partial charge in [-0.15, -0.1) is 0 Å². The zero-order valence-corrected chi connectivity index (χ0v) is 15.4. The van der Waals surface area contributed by atoms with E-state index in [1.165, 1.54) is 76.2 Å². The summed E-state index contributed by atoms with van der Waals surface area (Å²) in [6.45, 7) is 4.58. The summed E-state index contributed by atoms with van der Waals surface area (Å²) < 4.78 is 0. The van der Waals surface area contributed by atoms with Gasteiger partial charge < -0.3 is 5.73 Å². The molecule has 2 N–H and O–H groups in total. The first kappa shape index (κ1) is 18.5. The zero-order valence-electron chi connectivity index (χ0n) is 15.4. The molecular formula is C22H37N. The van der Waals surface area contributed by atoms with Crippen LogP contribution in [0, 0.1) is 5.92 Å². The third-order valence-corrected chi connectivity index (χ3v) is 5.82. The minimum Gasteiger partial charge on any atom is -0.324 e. The molecule has 0 aromatic heterocycles. The molecule has 1 heteroatoms. The highest BCUT2D eigenvalue weighted by Gasteiger charge is 2.55. The van der Waals surface area contributed by atoms with E-state index >= 15 is 0 Å². The molecule has 0 aliphatic heterocycles. The maximum absolute atomic E-state index is 6.89. The molecule has 2 rings (SSSR count). The molecule has 0 radical (unpaired) electrons. The number of nitrogens with two attached hydrogens (primary N) is 1. The van der Waals surface area contributed by atoms with Crippen molar-refractivity contribution >= 4 is 0 Å². The van der Waals surface area contributed by atoms with Crippen LogP contribution in [0.25, 0.3) is 0 Å². The molecule has 0 spiro atoms. The van der Waals surface area contributed by atoms with Crippen LogP contribution in [0.1, 0.15) is 96.0 Å². The lowest BCUT2D eigenvalue weighted by molar-refractivity contribution is 0.321. The summed E-state index contributed by atoms with van der Waals surface area (Å²) in [6, 6.07) is 11.0. The van der Waals surface area contributed by atoms with E-state index in [2.05, 4.69) is 44.2 Å². The van der Waals surface area contributed by atoms with Gasteiger partial charge in [-0.2, -0.15) is 0 Å². The van der Waals surface area contributed by atoms with Gasteiger partial charge in [0.25, 0.3) is 0 Å². The Hall–Kier alpha value is -0.820. The van der Waals surface area contributed by atoms with Gasteiger partial charge in [0.15, 0.2) is 0 Å². The van der Waals surface area contributed by atoms with Gasteiger partial charge in [-0.1, -0.05) is 95.5 Å². The molecule has 1 aromatic rings. The third-order valence-electron chi connectivity index (χ3n) is 5.82. The number of rotatable bonds is 12. The fourth-order valence-corrected chi connectivity index (χ4v) is 4.18. The highest BCUT2D eigenvalue weighted by atomic mass is 14.9. The molecule has 1 aliphatic rings. The quantitative estimate of drug-likeness (QED) is 0.442. The van der Waals surface area contributed by atoms with Gasteiger partial charge in [-0.3, -0.25) is 0 Å². The van der Waals surface area contributed by atoms with Crippen LogP contribution in [0.15, 0.2) is 30.3 Å². The van der Waals surface area contributed by atoms with Gasteiger partial charge in [-0.25, -0.2) is 0 Å². The Balaban J connectivity index is 1.88. The van der Waals surface area contributed by atoms with Crippen molar-refractivity contribution in [3.63, 3.8) is 0 Å². The van der Waals surface area contributed by atoms with Crippen molar-refractivity contribution in [2.24, 2.45) is 11.7 Å². The van der Waals surface area contributed by atoms with Crippen molar-refractivity contribution in [3.8, 4) is 0 Å². The molecule has 1 aromatic carbocycles. The van der Waals surface area contributed by atoms with Crippen molar-refractivity contribution in [2.75, 3.05) is 0 Å². The molecule has 1 unspecified atom stereocenters. The van der Waals surface area contributed by atoms with Crippen LogP contribution < -0.4 is 5.73 Å². The Morgan fingerprint density at radius 3 is 2.13 bits per heavy atom. The second-order valence-electron chi connectivity index (χ2n) is 7.68. The number of unbranched alkanes of at least 4 members (excludes halogenated alkanes) is 6. The minimum atomic E-state index is 0.0832. The van der Waals surface area contributed by atoms with Crippen LogP contribution in [-0.4, -0.2) is 5.54 Å². The summed E-state index contributed by atoms with van der Waals surface area (Å²) >= 11 is 0. The van der Waals surface area contributed by atoms with Crippen LogP contribution in [-0.2, 0) is 0 Å². The van der Waals surface area contributed by atoms with Gasteiger partial charge >= 0.3 is 0 Å². The molecule has 0 heterocycles. The summed E-state index contributed by atoms with van der Waals surface area (Å²) in [5.41, 5.74) is 8.43. The fraction of sp³-hybridized carbons (Fsp3) is 0.727. The maximum Gasteiger partial charge on any atom is 0.0259 e. The lowest BCUT2D eigenvalue weighted by atomic mass is 9.84. The second-order valence-corrected chi connectivity index (χ2v) is 7.68. The summed E-state index contributed by atoms with van der Waals surface area (Å²) in [6.07, 6.45) is 14.8. The highest BCUT2D eigenvalue weighted by molar-refractivity contribution is 5.33. The number of hydrogen-bond donors (Lipinski definition) is 1. The van der Waals surface area contributed by atoms with Crippen molar-refractivity contribution in [1.29, 1.82) is 0 Å². The smallest absolute Gasteiger partial charge is 0.0259 e. The molecule has 0 amide bonds. The van der Waals surface area contributed by atoms with E-state index in [1.54, 1.807) is 0 Å². The Morgan fingerprint density at radius 1 is 0.913 bits per heavy atom. The SMILES string of the molecule is CCCCCCCC(CCCCC)[C@@]1(N)C[C@H]1c1ccccc1. The Kier molecular flexibility index (Phi) is 7.62. The third kappa shape index (κ3) is 5.35. The maximum atomic E-state index is 6.89. The van der Waals surface area contributed by atoms with Crippen molar-refractivity contribution in [2.45, 2.75) is 95.9 Å². The minimum absolute atomic E-state index is 0.0832. The van der Waals surface area contributed by atoms with E-state index < -0.39 is 0 Å². The fourth-order valence-electron chi connectivity index (χ4n) is 4.18. The van der Waals surface area contributed by atoms with Crippen molar-refractivity contribution in [1.82, 2.24) is 0 Å². The average molecular weight is 316 g/mol. The van der Waals surface area contributed by atoms with E-state index in [9.17, 15) is 0 Å². The van der Waals surface area contributed by atoms with Crippen LogP contribution in [0.2, 0.25) is 0 Å². The standard InChI is InChI=1S/C22H37N/c1-3-5-7-8-13-17-20(16-10-6-4-2)22(23)18-21(22)19-14-11-9-12-15-19/h9,11-12,14-15,20-21H,3-8,10,13,16-18,23H2,1-2H3/t20?,21-,22-/m0/s1. The second kappa shape index (κ2) is 9.47. The van der Waals surface area contributed by atoms with E-state index in [-0.39, 0.29) is 5.54 Å². The Bertz CT molecular complexity index is 427. The molecular weight excluding hydrogens is 278 g/mol. The molecule has 1 saturated carbocycles. The molecule has 130 valence electrons. The Morgan fingerprint density at radius 2 is 1.48 bits per heavy atom. The topological polar surface area (TPSA) is 26.0 Å². The number of benzene rings is 1. The predicted octanol–water partition coefficient (Wildman–Crippen LogP) is 6.43. The predicted molar refractivity (Wildman–Crippen MR) is 102 cm³/mol. The molecule has 1 aliphatic carbocycles. The first-order chi connectivity index (χ1) is 11.2. The normalized spacial score (nSPS) is 24.6. The zero-order chi connectivity index (χ0) is 16.5. The van der Waals surface area contributed by atoms with E-state index in [1.807, 2.05) is 0 Å².